The van der Waals surface area contributed by atoms with Crippen molar-refractivity contribution in [2.75, 3.05) is 20.3 Å². The molecule has 0 spiro atoms. The standard InChI is InChI=1S/C11H16N2O4S/c1-17-4-2-3-12-9(14)6-10-13-8(7-18-10)5-11(15)16/h7H,2-6H2,1H3,(H,12,14)(H,15,16). The highest BCUT2D eigenvalue weighted by Crippen LogP contribution is 2.10. The Balaban J connectivity index is 2.31. The molecule has 7 heteroatoms. The fourth-order valence-electron chi connectivity index (χ4n) is 1.31. The second-order valence-corrected chi connectivity index (χ2v) is 4.62. The average Bonchev–Trinajstić information content (AvgIpc) is 2.71. The van der Waals surface area contributed by atoms with Crippen molar-refractivity contribution < 1.29 is 19.4 Å². The van der Waals surface area contributed by atoms with Crippen LogP contribution < -0.4 is 5.32 Å². The van der Waals surface area contributed by atoms with Crippen LogP contribution in [0.2, 0.25) is 0 Å². The molecule has 100 valence electrons. The minimum absolute atomic E-state index is 0.105. The Morgan fingerprint density at radius 3 is 2.94 bits per heavy atom. The lowest BCUT2D eigenvalue weighted by atomic mass is 10.3. The van der Waals surface area contributed by atoms with Crippen LogP contribution in [-0.2, 0) is 27.2 Å². The summed E-state index contributed by atoms with van der Waals surface area (Å²) in [4.78, 5) is 26.1. The van der Waals surface area contributed by atoms with Crippen LogP contribution in [0.3, 0.4) is 0 Å². The number of hydrogen-bond acceptors (Lipinski definition) is 5. The van der Waals surface area contributed by atoms with Crippen LogP contribution >= 0.6 is 11.3 Å². The number of hydrogen-bond donors (Lipinski definition) is 2. The first-order valence-corrected chi connectivity index (χ1v) is 6.40. The summed E-state index contributed by atoms with van der Waals surface area (Å²) < 4.78 is 4.87. The quantitative estimate of drug-likeness (QED) is 0.671. The second kappa shape index (κ2) is 7.78. The van der Waals surface area contributed by atoms with Crippen molar-refractivity contribution in [3.05, 3.63) is 16.1 Å². The SMILES string of the molecule is COCCCNC(=O)Cc1nc(CC(=O)O)cs1. The molecule has 0 bridgehead atoms. The largest absolute Gasteiger partial charge is 0.481 e. The number of aromatic nitrogens is 1. The molecule has 18 heavy (non-hydrogen) atoms. The summed E-state index contributed by atoms with van der Waals surface area (Å²) in [7, 11) is 1.61. The maximum Gasteiger partial charge on any atom is 0.309 e. The van der Waals surface area contributed by atoms with Gasteiger partial charge in [-0.25, -0.2) is 4.98 Å². The Labute approximate surface area is 109 Å². The van der Waals surface area contributed by atoms with Crippen molar-refractivity contribution in [1.82, 2.24) is 10.3 Å². The van der Waals surface area contributed by atoms with Crippen LogP contribution in [0.15, 0.2) is 5.38 Å². The maximum atomic E-state index is 11.5. The van der Waals surface area contributed by atoms with Gasteiger partial charge in [0.25, 0.3) is 0 Å². The van der Waals surface area contributed by atoms with Crippen molar-refractivity contribution in [3.63, 3.8) is 0 Å². The number of amides is 1. The monoisotopic (exact) mass is 272 g/mol. The fourth-order valence-corrected chi connectivity index (χ4v) is 2.10. The summed E-state index contributed by atoms with van der Waals surface area (Å²) in [6.45, 7) is 1.18. The molecule has 1 aromatic heterocycles. The highest BCUT2D eigenvalue weighted by molar-refractivity contribution is 7.09. The number of nitrogens with one attached hydrogen (secondary N) is 1. The van der Waals surface area contributed by atoms with Gasteiger partial charge >= 0.3 is 5.97 Å². The number of rotatable bonds is 8. The minimum atomic E-state index is -0.920. The predicted octanol–water partition coefficient (Wildman–Crippen LogP) is 0.465. The molecular formula is C11H16N2O4S. The summed E-state index contributed by atoms with van der Waals surface area (Å²) >= 11 is 1.30. The molecule has 0 aliphatic carbocycles. The molecule has 0 aliphatic heterocycles. The van der Waals surface area contributed by atoms with Crippen LogP contribution in [0.5, 0.6) is 0 Å². The molecule has 0 saturated carbocycles. The minimum Gasteiger partial charge on any atom is -0.481 e. The van der Waals surface area contributed by atoms with E-state index in [1.807, 2.05) is 0 Å². The molecule has 0 radical (unpaired) electrons. The molecule has 0 atom stereocenters. The van der Waals surface area contributed by atoms with Crippen LogP contribution in [-0.4, -0.2) is 42.2 Å². The third-order valence-corrected chi connectivity index (χ3v) is 2.99. The van der Waals surface area contributed by atoms with Gasteiger partial charge in [-0.05, 0) is 6.42 Å². The molecule has 1 heterocycles. The van der Waals surface area contributed by atoms with E-state index in [0.717, 1.165) is 6.42 Å². The van der Waals surface area contributed by atoms with Crippen molar-refractivity contribution >= 4 is 23.2 Å². The molecular weight excluding hydrogens is 256 g/mol. The van der Waals surface area contributed by atoms with Gasteiger partial charge in [-0.3, -0.25) is 9.59 Å². The number of thiazole rings is 1. The number of carboxylic acids is 1. The van der Waals surface area contributed by atoms with Gasteiger partial charge in [-0.15, -0.1) is 11.3 Å². The van der Waals surface area contributed by atoms with Gasteiger partial charge in [-0.1, -0.05) is 0 Å². The molecule has 6 nitrogen and oxygen atoms in total. The van der Waals surface area contributed by atoms with Gasteiger partial charge in [0.15, 0.2) is 0 Å². The van der Waals surface area contributed by atoms with E-state index in [1.54, 1.807) is 12.5 Å². The first kappa shape index (κ1) is 14.6. The van der Waals surface area contributed by atoms with Crippen LogP contribution in [0.1, 0.15) is 17.1 Å². The summed E-state index contributed by atoms with van der Waals surface area (Å²) in [6.07, 6.45) is 0.855. The van der Waals surface area contributed by atoms with Gasteiger partial charge in [0.05, 0.1) is 18.5 Å². The lowest BCUT2D eigenvalue weighted by molar-refractivity contribution is -0.136. The Kier molecular flexibility index (Phi) is 6.31. The normalized spacial score (nSPS) is 10.3. The van der Waals surface area contributed by atoms with E-state index in [0.29, 0.717) is 23.9 Å². The van der Waals surface area contributed by atoms with E-state index < -0.39 is 5.97 Å². The highest BCUT2D eigenvalue weighted by atomic mass is 32.1. The lowest BCUT2D eigenvalue weighted by Gasteiger charge is -2.02. The zero-order chi connectivity index (χ0) is 13.4. The number of aliphatic carboxylic acids is 1. The molecule has 1 rings (SSSR count). The number of nitrogens with zero attached hydrogens (tertiary/aromatic N) is 1. The number of methoxy groups -OCH3 is 1. The highest BCUT2D eigenvalue weighted by Gasteiger charge is 2.09. The molecule has 1 aromatic rings. The molecule has 0 saturated heterocycles. The molecule has 0 fully saturated rings. The van der Waals surface area contributed by atoms with Gasteiger partial charge < -0.3 is 15.2 Å². The van der Waals surface area contributed by atoms with Gasteiger partial charge in [0.2, 0.25) is 5.91 Å². The Hall–Kier alpha value is -1.47. The van der Waals surface area contributed by atoms with Gasteiger partial charge in [0, 0.05) is 25.6 Å². The van der Waals surface area contributed by atoms with Crippen molar-refractivity contribution in [2.24, 2.45) is 0 Å². The van der Waals surface area contributed by atoms with E-state index in [-0.39, 0.29) is 18.7 Å². The summed E-state index contributed by atoms with van der Waals surface area (Å²) in [5.74, 6) is -1.03. The zero-order valence-corrected chi connectivity index (χ0v) is 11.0. The summed E-state index contributed by atoms with van der Waals surface area (Å²) in [6, 6.07) is 0. The van der Waals surface area contributed by atoms with E-state index in [1.165, 1.54) is 11.3 Å². The third kappa shape index (κ3) is 5.74. The van der Waals surface area contributed by atoms with Crippen molar-refractivity contribution in [1.29, 1.82) is 0 Å². The van der Waals surface area contributed by atoms with Crippen LogP contribution in [0, 0.1) is 0 Å². The van der Waals surface area contributed by atoms with Crippen molar-refractivity contribution in [2.45, 2.75) is 19.3 Å². The second-order valence-electron chi connectivity index (χ2n) is 3.68. The first-order valence-electron chi connectivity index (χ1n) is 5.52. The Bertz CT molecular complexity index is 406. The molecule has 0 aromatic carbocycles. The average molecular weight is 272 g/mol. The molecule has 0 unspecified atom stereocenters. The van der Waals surface area contributed by atoms with Crippen molar-refractivity contribution in [3.8, 4) is 0 Å². The molecule has 0 aliphatic rings. The number of carboxylic acid groups (broad SMARTS) is 1. The smallest absolute Gasteiger partial charge is 0.309 e. The summed E-state index contributed by atoms with van der Waals surface area (Å²) in [5, 5.41) is 13.6. The molecule has 1 amide bonds. The van der Waals surface area contributed by atoms with E-state index >= 15 is 0 Å². The van der Waals surface area contributed by atoms with Gasteiger partial charge in [-0.2, -0.15) is 0 Å². The summed E-state index contributed by atoms with van der Waals surface area (Å²) in [5.41, 5.74) is 0.495. The van der Waals surface area contributed by atoms with Gasteiger partial charge in [0.1, 0.15) is 5.01 Å². The van der Waals surface area contributed by atoms with E-state index in [9.17, 15) is 9.59 Å². The van der Waals surface area contributed by atoms with Crippen LogP contribution in [0.25, 0.3) is 0 Å². The number of carbonyl (C=O) groups is 2. The Morgan fingerprint density at radius 1 is 1.50 bits per heavy atom. The first-order chi connectivity index (χ1) is 8.61. The lowest BCUT2D eigenvalue weighted by Crippen LogP contribution is -2.26. The van der Waals surface area contributed by atoms with E-state index in [2.05, 4.69) is 10.3 Å². The number of ether oxygens (including phenoxy) is 1. The topological polar surface area (TPSA) is 88.5 Å². The predicted molar refractivity (Wildman–Crippen MR) is 66.7 cm³/mol. The maximum absolute atomic E-state index is 11.5. The van der Waals surface area contributed by atoms with Crippen LogP contribution in [0.4, 0.5) is 0 Å². The number of carbonyl (C=O) groups excluding carboxylic acids is 1. The third-order valence-electron chi connectivity index (χ3n) is 2.09. The fraction of sp³-hybridized carbons (Fsp3) is 0.545. The molecule has 2 N–H and O–H groups in total. The zero-order valence-electron chi connectivity index (χ0n) is 10.1. The van der Waals surface area contributed by atoms with E-state index in [4.69, 9.17) is 9.84 Å². The Morgan fingerprint density at radius 2 is 2.28 bits per heavy atom.